The molecule has 0 saturated carbocycles. The van der Waals surface area contributed by atoms with Gasteiger partial charge in [-0.15, -0.1) is 24.8 Å². The standard InChI is InChI=1S/C20H21BrN4.2ClH/c1-4-19(23(2)3)25-18-8-6-5-7-17(18)24-13-16(22-20(24)25)14-9-11-15(21)12-10-14;;/h5-13,19H,4H2,1-3H3;2*1H. The third-order valence-corrected chi connectivity index (χ3v) is 5.23. The van der Waals surface area contributed by atoms with Gasteiger partial charge < -0.3 is 0 Å². The summed E-state index contributed by atoms with van der Waals surface area (Å²) < 4.78 is 5.63. The molecule has 0 aliphatic carbocycles. The van der Waals surface area contributed by atoms with Crippen molar-refractivity contribution < 1.29 is 0 Å². The van der Waals surface area contributed by atoms with E-state index in [4.69, 9.17) is 4.98 Å². The Bertz CT molecular complexity index is 1040. The van der Waals surface area contributed by atoms with E-state index in [9.17, 15) is 0 Å². The van der Waals surface area contributed by atoms with E-state index in [2.05, 4.69) is 106 Å². The van der Waals surface area contributed by atoms with Crippen molar-refractivity contribution in [2.75, 3.05) is 14.1 Å². The SMILES string of the molecule is CCC(N(C)C)n1c2ccccc2n2cc(-c3ccc(Br)cc3)nc12.Cl.Cl. The second-order valence-electron chi connectivity index (χ2n) is 6.51. The lowest BCUT2D eigenvalue weighted by atomic mass is 10.2. The first-order chi connectivity index (χ1) is 12.1. The summed E-state index contributed by atoms with van der Waals surface area (Å²) >= 11 is 3.50. The third kappa shape index (κ3) is 3.74. The van der Waals surface area contributed by atoms with Crippen molar-refractivity contribution in [2.24, 2.45) is 0 Å². The molecule has 0 amide bonds. The van der Waals surface area contributed by atoms with Crippen LogP contribution in [0.25, 0.3) is 28.1 Å². The topological polar surface area (TPSA) is 25.5 Å². The van der Waals surface area contributed by atoms with E-state index in [0.717, 1.165) is 27.9 Å². The molecule has 0 bridgehead atoms. The molecule has 0 spiro atoms. The fraction of sp³-hybridized carbons (Fsp3) is 0.250. The first kappa shape index (κ1) is 21.8. The number of halogens is 3. The molecule has 2 aromatic heterocycles. The molecule has 0 aliphatic heterocycles. The maximum atomic E-state index is 4.99. The molecular weight excluding hydrogens is 447 g/mol. The Morgan fingerprint density at radius 2 is 1.63 bits per heavy atom. The van der Waals surface area contributed by atoms with Crippen LogP contribution in [0.2, 0.25) is 0 Å². The van der Waals surface area contributed by atoms with Crippen LogP contribution in [0.15, 0.2) is 59.2 Å². The first-order valence-corrected chi connectivity index (χ1v) is 9.30. The Labute approximate surface area is 180 Å². The lowest BCUT2D eigenvalue weighted by Crippen LogP contribution is -2.25. The summed E-state index contributed by atoms with van der Waals surface area (Å²) in [4.78, 5) is 7.24. The fourth-order valence-electron chi connectivity index (χ4n) is 3.53. The van der Waals surface area contributed by atoms with E-state index in [1.807, 2.05) is 0 Å². The summed E-state index contributed by atoms with van der Waals surface area (Å²) in [7, 11) is 4.25. The van der Waals surface area contributed by atoms with Gasteiger partial charge in [0.05, 0.1) is 22.9 Å². The zero-order valence-electron chi connectivity index (χ0n) is 15.5. The molecule has 1 unspecified atom stereocenters. The van der Waals surface area contributed by atoms with Gasteiger partial charge in [0, 0.05) is 16.2 Å². The largest absolute Gasteiger partial charge is 0.293 e. The summed E-state index contributed by atoms with van der Waals surface area (Å²) in [6.07, 6.45) is 3.42. The smallest absolute Gasteiger partial charge is 0.216 e. The molecule has 4 rings (SSSR count). The van der Waals surface area contributed by atoms with Gasteiger partial charge in [-0.25, -0.2) is 4.98 Å². The van der Waals surface area contributed by atoms with Gasteiger partial charge in [-0.1, -0.05) is 47.1 Å². The normalized spacial score (nSPS) is 12.2. The van der Waals surface area contributed by atoms with Crippen molar-refractivity contribution in [2.45, 2.75) is 19.5 Å². The first-order valence-electron chi connectivity index (χ1n) is 8.50. The number of rotatable bonds is 4. The van der Waals surface area contributed by atoms with Crippen LogP contribution < -0.4 is 0 Å². The van der Waals surface area contributed by atoms with Gasteiger partial charge in [0.25, 0.3) is 0 Å². The molecule has 2 heterocycles. The number of nitrogens with zero attached hydrogens (tertiary/aromatic N) is 4. The van der Waals surface area contributed by atoms with Crippen molar-refractivity contribution in [3.63, 3.8) is 0 Å². The molecular formula is C20H23BrCl2N4. The Morgan fingerprint density at radius 1 is 1.00 bits per heavy atom. The maximum absolute atomic E-state index is 4.99. The number of hydrogen-bond donors (Lipinski definition) is 0. The van der Waals surface area contributed by atoms with Crippen molar-refractivity contribution in [1.82, 2.24) is 18.9 Å². The number of aromatic nitrogens is 3. The molecule has 0 radical (unpaired) electrons. The summed E-state index contributed by atoms with van der Waals surface area (Å²) in [5.74, 6) is 0.986. The molecule has 144 valence electrons. The van der Waals surface area contributed by atoms with Gasteiger partial charge in [-0.3, -0.25) is 13.9 Å². The molecule has 7 heteroatoms. The predicted octanol–water partition coefficient (Wildman–Crippen LogP) is 6.03. The van der Waals surface area contributed by atoms with Gasteiger partial charge in [0.2, 0.25) is 5.78 Å². The average molecular weight is 470 g/mol. The number of hydrogen-bond acceptors (Lipinski definition) is 2. The van der Waals surface area contributed by atoms with Crippen LogP contribution in [0, 0.1) is 0 Å². The van der Waals surface area contributed by atoms with Crippen LogP contribution in [0.5, 0.6) is 0 Å². The number of imidazole rings is 2. The monoisotopic (exact) mass is 468 g/mol. The minimum atomic E-state index is 0. The molecule has 1 atom stereocenters. The van der Waals surface area contributed by atoms with Crippen LogP contribution in [-0.4, -0.2) is 32.9 Å². The zero-order valence-corrected chi connectivity index (χ0v) is 18.7. The summed E-state index contributed by atoms with van der Waals surface area (Å²) in [6, 6.07) is 16.8. The van der Waals surface area contributed by atoms with Gasteiger partial charge >= 0.3 is 0 Å². The quantitative estimate of drug-likeness (QED) is 0.364. The molecule has 2 aromatic carbocycles. The highest BCUT2D eigenvalue weighted by Gasteiger charge is 2.21. The van der Waals surface area contributed by atoms with Gasteiger partial charge in [0.15, 0.2) is 0 Å². The number of fused-ring (bicyclic) bond motifs is 3. The van der Waals surface area contributed by atoms with Crippen LogP contribution in [0.1, 0.15) is 19.5 Å². The van der Waals surface area contributed by atoms with E-state index < -0.39 is 0 Å². The minimum Gasteiger partial charge on any atom is -0.293 e. The second kappa shape index (κ2) is 8.65. The molecule has 0 aliphatic rings. The summed E-state index contributed by atoms with van der Waals surface area (Å²) in [5.41, 5.74) is 4.53. The number of para-hydroxylation sites is 2. The van der Waals surface area contributed by atoms with Crippen LogP contribution in [0.4, 0.5) is 0 Å². The van der Waals surface area contributed by atoms with Crippen LogP contribution in [0.3, 0.4) is 0 Å². The van der Waals surface area contributed by atoms with E-state index in [1.165, 1.54) is 11.0 Å². The molecule has 0 N–H and O–H groups in total. The van der Waals surface area contributed by atoms with E-state index in [1.54, 1.807) is 0 Å². The number of benzene rings is 2. The molecule has 27 heavy (non-hydrogen) atoms. The maximum Gasteiger partial charge on any atom is 0.216 e. The molecule has 4 nitrogen and oxygen atoms in total. The van der Waals surface area contributed by atoms with Crippen molar-refractivity contribution in [3.05, 3.63) is 59.2 Å². The Balaban J connectivity index is 0.00000131. The van der Waals surface area contributed by atoms with E-state index >= 15 is 0 Å². The van der Waals surface area contributed by atoms with Crippen molar-refractivity contribution in [1.29, 1.82) is 0 Å². The van der Waals surface area contributed by atoms with Crippen molar-refractivity contribution >= 4 is 57.6 Å². The van der Waals surface area contributed by atoms with Gasteiger partial charge in [-0.2, -0.15) is 0 Å². The molecule has 4 aromatic rings. The lowest BCUT2D eigenvalue weighted by Gasteiger charge is -2.25. The molecule has 0 saturated heterocycles. The van der Waals surface area contributed by atoms with E-state index in [0.29, 0.717) is 0 Å². The predicted molar refractivity (Wildman–Crippen MR) is 121 cm³/mol. The average Bonchev–Trinajstić information content (AvgIpc) is 3.15. The van der Waals surface area contributed by atoms with Gasteiger partial charge in [0.1, 0.15) is 0 Å². The fourth-order valence-corrected chi connectivity index (χ4v) is 3.79. The van der Waals surface area contributed by atoms with Crippen molar-refractivity contribution in [3.8, 4) is 11.3 Å². The van der Waals surface area contributed by atoms with Crippen LogP contribution in [-0.2, 0) is 0 Å². The Morgan fingerprint density at radius 3 is 2.22 bits per heavy atom. The second-order valence-corrected chi connectivity index (χ2v) is 7.43. The van der Waals surface area contributed by atoms with E-state index in [-0.39, 0.29) is 31.0 Å². The Hall–Kier alpha value is -1.53. The minimum absolute atomic E-state index is 0. The van der Waals surface area contributed by atoms with Crippen LogP contribution >= 0.6 is 40.7 Å². The summed E-state index contributed by atoms with van der Waals surface area (Å²) in [6.45, 7) is 2.22. The Kier molecular flexibility index (Phi) is 6.98. The zero-order chi connectivity index (χ0) is 17.6. The summed E-state index contributed by atoms with van der Waals surface area (Å²) in [5, 5.41) is 0. The third-order valence-electron chi connectivity index (χ3n) is 4.70. The van der Waals surface area contributed by atoms with Gasteiger partial charge in [-0.05, 0) is 44.8 Å². The highest BCUT2D eigenvalue weighted by molar-refractivity contribution is 9.10. The highest BCUT2D eigenvalue weighted by Crippen LogP contribution is 2.30. The highest BCUT2D eigenvalue weighted by atomic mass is 79.9. The lowest BCUT2D eigenvalue weighted by molar-refractivity contribution is 0.219. The molecule has 0 fully saturated rings.